The third-order valence-electron chi connectivity index (χ3n) is 6.49. The van der Waals surface area contributed by atoms with Crippen molar-refractivity contribution in [1.29, 1.82) is 0 Å². The first kappa shape index (κ1) is 24.1. The number of amides is 4. The van der Waals surface area contributed by atoms with Crippen LogP contribution in [0.4, 0.5) is 11.4 Å². The molecular weight excluding hydrogens is 450 g/mol. The Morgan fingerprint density at radius 2 is 1.63 bits per heavy atom. The van der Waals surface area contributed by atoms with Crippen molar-refractivity contribution in [3.8, 4) is 0 Å². The van der Waals surface area contributed by atoms with Gasteiger partial charge in [-0.15, -0.1) is 0 Å². The van der Waals surface area contributed by atoms with Gasteiger partial charge in [-0.2, -0.15) is 0 Å². The maximum atomic E-state index is 13.2. The lowest BCUT2D eigenvalue weighted by molar-refractivity contribution is -0.153. The standard InChI is InChI=1S/C26H27N3O6/c1-4-15(2)23(29-24(32)17-9-5-6-10-18(17)25(29)33)26(34)35-14-22(31)28-16(3)13-21(30)27-19-11-7-8-12-20(19)28/h5-12,15-16,23H,4,13-14H2,1-3H3,(H,27,30)/t15-,16?,23-/m0/s1. The van der Waals surface area contributed by atoms with Crippen LogP contribution in [-0.4, -0.2) is 53.2 Å². The van der Waals surface area contributed by atoms with Gasteiger partial charge in [0.05, 0.1) is 22.5 Å². The van der Waals surface area contributed by atoms with Gasteiger partial charge in [-0.3, -0.25) is 24.1 Å². The van der Waals surface area contributed by atoms with Crippen LogP contribution in [0.2, 0.25) is 0 Å². The van der Waals surface area contributed by atoms with E-state index in [0.717, 1.165) is 4.90 Å². The summed E-state index contributed by atoms with van der Waals surface area (Å²) in [5.41, 5.74) is 1.47. The fourth-order valence-corrected chi connectivity index (χ4v) is 4.53. The van der Waals surface area contributed by atoms with E-state index < -0.39 is 42.4 Å². The van der Waals surface area contributed by atoms with Gasteiger partial charge >= 0.3 is 5.97 Å². The van der Waals surface area contributed by atoms with E-state index >= 15 is 0 Å². The second kappa shape index (κ2) is 9.69. The molecule has 182 valence electrons. The lowest BCUT2D eigenvalue weighted by Crippen LogP contribution is -2.50. The molecule has 0 saturated carbocycles. The van der Waals surface area contributed by atoms with Gasteiger partial charge in [0.1, 0.15) is 6.04 Å². The zero-order chi connectivity index (χ0) is 25.3. The Balaban J connectivity index is 1.54. The predicted octanol–water partition coefficient (Wildman–Crippen LogP) is 3.00. The number of nitrogens with zero attached hydrogens (tertiary/aromatic N) is 2. The molecule has 1 N–H and O–H groups in total. The van der Waals surface area contributed by atoms with Crippen molar-refractivity contribution in [2.45, 2.75) is 45.7 Å². The molecule has 1 unspecified atom stereocenters. The van der Waals surface area contributed by atoms with Crippen molar-refractivity contribution >= 4 is 41.0 Å². The molecule has 2 aliphatic rings. The number of fused-ring (bicyclic) bond motifs is 2. The Morgan fingerprint density at radius 3 is 2.26 bits per heavy atom. The molecule has 2 aromatic rings. The van der Waals surface area contributed by atoms with Gasteiger partial charge in [0.2, 0.25) is 5.91 Å². The lowest BCUT2D eigenvalue weighted by Gasteiger charge is -2.30. The van der Waals surface area contributed by atoms with Gasteiger partial charge < -0.3 is 15.0 Å². The number of rotatable bonds is 6. The summed E-state index contributed by atoms with van der Waals surface area (Å²) in [5, 5.41) is 2.78. The molecular formula is C26H27N3O6. The molecule has 2 aromatic carbocycles. The number of imide groups is 1. The molecule has 0 aromatic heterocycles. The third-order valence-corrected chi connectivity index (χ3v) is 6.49. The van der Waals surface area contributed by atoms with Crippen LogP contribution < -0.4 is 10.2 Å². The summed E-state index contributed by atoms with van der Waals surface area (Å²) < 4.78 is 5.40. The van der Waals surface area contributed by atoms with Crippen LogP contribution in [0.5, 0.6) is 0 Å². The fourth-order valence-electron chi connectivity index (χ4n) is 4.53. The summed E-state index contributed by atoms with van der Waals surface area (Å²) in [6, 6.07) is 11.7. The summed E-state index contributed by atoms with van der Waals surface area (Å²) in [6.07, 6.45) is 0.588. The van der Waals surface area contributed by atoms with Gasteiger partial charge in [-0.25, -0.2) is 4.79 Å². The van der Waals surface area contributed by atoms with E-state index in [4.69, 9.17) is 4.74 Å². The minimum Gasteiger partial charge on any atom is -0.454 e. The van der Waals surface area contributed by atoms with Crippen molar-refractivity contribution in [1.82, 2.24) is 4.90 Å². The number of nitrogens with one attached hydrogen (secondary N) is 1. The van der Waals surface area contributed by atoms with E-state index in [9.17, 15) is 24.0 Å². The van der Waals surface area contributed by atoms with Gasteiger partial charge in [0.25, 0.3) is 17.7 Å². The van der Waals surface area contributed by atoms with Crippen LogP contribution in [0, 0.1) is 5.92 Å². The normalized spacial score (nSPS) is 18.8. The van der Waals surface area contributed by atoms with Gasteiger partial charge in [-0.05, 0) is 37.1 Å². The van der Waals surface area contributed by atoms with Crippen molar-refractivity contribution in [3.05, 3.63) is 59.7 Å². The lowest BCUT2D eigenvalue weighted by atomic mass is 9.97. The Bertz CT molecular complexity index is 1170. The van der Waals surface area contributed by atoms with E-state index in [1.807, 2.05) is 6.92 Å². The molecule has 35 heavy (non-hydrogen) atoms. The Morgan fingerprint density at radius 1 is 1.03 bits per heavy atom. The summed E-state index contributed by atoms with van der Waals surface area (Å²) in [6.45, 7) is 4.74. The molecule has 0 saturated heterocycles. The molecule has 0 bridgehead atoms. The monoisotopic (exact) mass is 477 g/mol. The van der Waals surface area contributed by atoms with Crippen molar-refractivity contribution in [2.75, 3.05) is 16.8 Å². The molecule has 0 radical (unpaired) electrons. The number of carbonyl (C=O) groups is 5. The minimum atomic E-state index is -1.17. The first-order valence-corrected chi connectivity index (χ1v) is 11.6. The van der Waals surface area contributed by atoms with Crippen LogP contribution in [-0.2, 0) is 19.1 Å². The third kappa shape index (κ3) is 4.41. The van der Waals surface area contributed by atoms with Crippen LogP contribution in [0.15, 0.2) is 48.5 Å². The van der Waals surface area contributed by atoms with Gasteiger partial charge in [0, 0.05) is 12.5 Å². The number of esters is 1. The molecule has 0 fully saturated rings. The summed E-state index contributed by atoms with van der Waals surface area (Å²) in [4.78, 5) is 66.9. The van der Waals surface area contributed by atoms with E-state index in [2.05, 4.69) is 5.32 Å². The molecule has 4 rings (SSSR count). The number of hydrogen-bond donors (Lipinski definition) is 1. The number of benzene rings is 2. The van der Waals surface area contributed by atoms with Gasteiger partial charge in [0.15, 0.2) is 6.61 Å². The van der Waals surface area contributed by atoms with E-state index in [1.165, 1.54) is 4.90 Å². The number of hydrogen-bond acceptors (Lipinski definition) is 6. The van der Waals surface area contributed by atoms with Crippen LogP contribution in [0.1, 0.15) is 54.3 Å². The average molecular weight is 478 g/mol. The molecule has 4 amide bonds. The highest BCUT2D eigenvalue weighted by Gasteiger charge is 2.45. The van der Waals surface area contributed by atoms with Gasteiger partial charge in [-0.1, -0.05) is 44.5 Å². The molecule has 3 atom stereocenters. The maximum absolute atomic E-state index is 13.2. The zero-order valence-electron chi connectivity index (χ0n) is 19.8. The van der Waals surface area contributed by atoms with E-state index in [0.29, 0.717) is 17.8 Å². The maximum Gasteiger partial charge on any atom is 0.330 e. The highest BCUT2D eigenvalue weighted by Crippen LogP contribution is 2.32. The first-order chi connectivity index (χ1) is 16.7. The highest BCUT2D eigenvalue weighted by atomic mass is 16.5. The predicted molar refractivity (Wildman–Crippen MR) is 128 cm³/mol. The second-order valence-electron chi connectivity index (χ2n) is 8.85. The van der Waals surface area contributed by atoms with Crippen LogP contribution >= 0.6 is 0 Å². The quantitative estimate of drug-likeness (QED) is 0.506. The number of anilines is 2. The van der Waals surface area contributed by atoms with Crippen molar-refractivity contribution < 1.29 is 28.7 Å². The number of carbonyl (C=O) groups excluding carboxylic acids is 5. The largest absolute Gasteiger partial charge is 0.454 e. The minimum absolute atomic E-state index is 0.0822. The molecule has 2 heterocycles. The smallest absolute Gasteiger partial charge is 0.330 e. The summed E-state index contributed by atoms with van der Waals surface area (Å²) in [5.74, 6) is -3.07. The SMILES string of the molecule is CC[C@H](C)[C@@H](C(=O)OCC(=O)N1c2ccccc2NC(=O)CC1C)N1C(=O)c2ccccc2C1=O. The summed E-state index contributed by atoms with van der Waals surface area (Å²) >= 11 is 0. The van der Waals surface area contributed by atoms with Crippen LogP contribution in [0.3, 0.4) is 0 Å². The average Bonchev–Trinajstić information content (AvgIpc) is 3.00. The van der Waals surface area contributed by atoms with E-state index in [1.54, 1.807) is 62.4 Å². The second-order valence-corrected chi connectivity index (χ2v) is 8.85. The van der Waals surface area contributed by atoms with Crippen molar-refractivity contribution in [3.63, 3.8) is 0 Å². The molecule has 9 heteroatoms. The fraction of sp³-hybridized carbons (Fsp3) is 0.346. The Kier molecular flexibility index (Phi) is 6.68. The Hall–Kier alpha value is -4.01. The molecule has 9 nitrogen and oxygen atoms in total. The molecule has 2 aliphatic heterocycles. The highest BCUT2D eigenvalue weighted by molar-refractivity contribution is 6.22. The first-order valence-electron chi connectivity index (χ1n) is 11.6. The molecule has 0 aliphatic carbocycles. The summed E-state index contributed by atoms with van der Waals surface area (Å²) in [7, 11) is 0. The zero-order valence-corrected chi connectivity index (χ0v) is 19.8. The van der Waals surface area contributed by atoms with Crippen LogP contribution in [0.25, 0.3) is 0 Å². The molecule has 0 spiro atoms. The van der Waals surface area contributed by atoms with E-state index in [-0.39, 0.29) is 29.4 Å². The number of ether oxygens (including phenoxy) is 1. The number of para-hydroxylation sites is 2. The Labute approximate surface area is 203 Å². The topological polar surface area (TPSA) is 113 Å². The van der Waals surface area contributed by atoms with Crippen molar-refractivity contribution in [2.24, 2.45) is 5.92 Å².